The van der Waals surface area contributed by atoms with Crippen molar-refractivity contribution >= 4 is 11.8 Å². The summed E-state index contributed by atoms with van der Waals surface area (Å²) < 4.78 is 16.0. The highest BCUT2D eigenvalue weighted by molar-refractivity contribution is 8.00. The first-order chi connectivity index (χ1) is 9.31. The van der Waals surface area contributed by atoms with Crippen LogP contribution in [0.25, 0.3) is 0 Å². The van der Waals surface area contributed by atoms with Crippen LogP contribution < -0.4 is 0 Å². The Labute approximate surface area is 116 Å². The second-order valence-electron chi connectivity index (χ2n) is 5.30. The Morgan fingerprint density at radius 2 is 2.00 bits per heavy atom. The van der Waals surface area contributed by atoms with E-state index < -0.39 is 6.17 Å². The Kier molecular flexibility index (Phi) is 2.65. The van der Waals surface area contributed by atoms with Crippen LogP contribution in [0, 0.1) is 0 Å². The van der Waals surface area contributed by atoms with Crippen molar-refractivity contribution in [2.24, 2.45) is 0 Å². The van der Waals surface area contributed by atoms with Gasteiger partial charge in [-0.1, -0.05) is 30.3 Å². The number of fused-ring (bicyclic) bond motifs is 1. The lowest BCUT2D eigenvalue weighted by Crippen LogP contribution is -2.07. The van der Waals surface area contributed by atoms with Gasteiger partial charge in [0.15, 0.2) is 0 Å². The minimum Gasteiger partial charge on any atom is -0.258 e. The van der Waals surface area contributed by atoms with Crippen molar-refractivity contribution in [3.63, 3.8) is 0 Å². The molecule has 4 heteroatoms. The molecule has 1 aromatic heterocycles. The predicted molar refractivity (Wildman–Crippen MR) is 74.2 cm³/mol. The summed E-state index contributed by atoms with van der Waals surface area (Å²) in [6.07, 6.45) is 2.18. The van der Waals surface area contributed by atoms with Gasteiger partial charge in [-0.05, 0) is 24.5 Å². The fourth-order valence-corrected chi connectivity index (χ4v) is 3.69. The number of thioether (sulfide) groups is 1. The lowest BCUT2D eigenvalue weighted by atomic mass is 10.0. The molecule has 0 N–H and O–H groups in total. The minimum atomic E-state index is -0.883. The van der Waals surface area contributed by atoms with Gasteiger partial charge in [0.25, 0.3) is 0 Å². The highest BCUT2D eigenvalue weighted by Crippen LogP contribution is 2.44. The van der Waals surface area contributed by atoms with E-state index in [1.54, 1.807) is 11.8 Å². The molecule has 2 heterocycles. The molecule has 0 saturated heterocycles. The number of alkyl halides is 1. The molecular weight excluding hydrogens is 259 g/mol. The van der Waals surface area contributed by atoms with E-state index in [0.29, 0.717) is 11.7 Å². The zero-order chi connectivity index (χ0) is 12.8. The molecule has 0 bridgehead atoms. The molecule has 0 amide bonds. The Hall–Kier alpha value is -1.29. The summed E-state index contributed by atoms with van der Waals surface area (Å²) in [7, 11) is 0. The average Bonchev–Trinajstić information content (AvgIpc) is 3.05. The zero-order valence-corrected chi connectivity index (χ0v) is 11.3. The summed E-state index contributed by atoms with van der Waals surface area (Å²) in [6, 6.07) is 12.1. The zero-order valence-electron chi connectivity index (χ0n) is 10.5. The van der Waals surface area contributed by atoms with Crippen LogP contribution in [-0.2, 0) is 0 Å². The first kappa shape index (κ1) is 11.5. The number of benzene rings is 1. The first-order valence-corrected chi connectivity index (χ1v) is 7.64. The molecule has 1 saturated carbocycles. The van der Waals surface area contributed by atoms with E-state index in [-0.39, 0.29) is 6.04 Å². The monoisotopic (exact) mass is 274 g/mol. The lowest BCUT2D eigenvalue weighted by Gasteiger charge is -2.12. The van der Waals surface area contributed by atoms with Crippen molar-refractivity contribution in [2.75, 3.05) is 0 Å². The van der Waals surface area contributed by atoms with Crippen LogP contribution in [0.15, 0.2) is 41.4 Å². The molecule has 0 spiro atoms. The van der Waals surface area contributed by atoms with Crippen LogP contribution in [0.5, 0.6) is 0 Å². The first-order valence-electron chi connectivity index (χ1n) is 6.76. The lowest BCUT2D eigenvalue weighted by molar-refractivity contribution is 0.333. The largest absolute Gasteiger partial charge is 0.258 e. The molecule has 4 rings (SSSR count). The maximum Gasteiger partial charge on any atom is 0.144 e. The van der Waals surface area contributed by atoms with Gasteiger partial charge in [-0.15, -0.1) is 11.8 Å². The van der Waals surface area contributed by atoms with Gasteiger partial charge in [0.2, 0.25) is 0 Å². The van der Waals surface area contributed by atoms with Gasteiger partial charge in [-0.2, -0.15) is 5.10 Å². The number of hydrogen-bond acceptors (Lipinski definition) is 2. The van der Waals surface area contributed by atoms with E-state index in [1.807, 2.05) is 28.9 Å². The second kappa shape index (κ2) is 4.37. The van der Waals surface area contributed by atoms with Gasteiger partial charge < -0.3 is 0 Å². The van der Waals surface area contributed by atoms with Crippen LogP contribution in [0.3, 0.4) is 0 Å². The van der Waals surface area contributed by atoms with Crippen molar-refractivity contribution < 1.29 is 4.39 Å². The number of aromatic nitrogens is 2. The van der Waals surface area contributed by atoms with Crippen LogP contribution >= 0.6 is 11.8 Å². The second-order valence-corrected chi connectivity index (χ2v) is 6.62. The van der Waals surface area contributed by atoms with Crippen molar-refractivity contribution in [3.8, 4) is 0 Å². The maximum atomic E-state index is 14.1. The van der Waals surface area contributed by atoms with Crippen LogP contribution in [0.4, 0.5) is 4.39 Å². The minimum absolute atomic E-state index is 0.0553. The van der Waals surface area contributed by atoms with E-state index in [4.69, 9.17) is 0 Å². The third-order valence-corrected chi connectivity index (χ3v) is 5.03. The van der Waals surface area contributed by atoms with Gasteiger partial charge in [0, 0.05) is 11.7 Å². The molecule has 19 heavy (non-hydrogen) atoms. The topological polar surface area (TPSA) is 17.8 Å². The molecule has 2 aromatic rings. The van der Waals surface area contributed by atoms with Crippen LogP contribution in [0.2, 0.25) is 0 Å². The third-order valence-electron chi connectivity index (χ3n) is 3.78. The van der Waals surface area contributed by atoms with Crippen LogP contribution in [-0.4, -0.2) is 15.0 Å². The fourth-order valence-electron chi connectivity index (χ4n) is 2.65. The molecule has 1 aliphatic heterocycles. The normalized spacial score (nSPS) is 25.5. The highest BCUT2D eigenvalue weighted by Gasteiger charge is 2.34. The van der Waals surface area contributed by atoms with Gasteiger partial charge in [0.05, 0.1) is 11.7 Å². The summed E-state index contributed by atoms with van der Waals surface area (Å²) >= 11 is 1.79. The van der Waals surface area contributed by atoms with E-state index in [1.165, 1.54) is 12.8 Å². The molecule has 1 aliphatic carbocycles. The molecule has 2 aliphatic rings. The van der Waals surface area contributed by atoms with E-state index >= 15 is 0 Å². The Bertz CT molecular complexity index is 591. The van der Waals surface area contributed by atoms with Crippen molar-refractivity contribution in [3.05, 3.63) is 47.7 Å². The smallest absolute Gasteiger partial charge is 0.144 e. The number of nitrogens with zero attached hydrogens (tertiary/aromatic N) is 2. The molecule has 98 valence electrons. The highest BCUT2D eigenvalue weighted by atomic mass is 32.2. The van der Waals surface area contributed by atoms with E-state index in [9.17, 15) is 4.39 Å². The average molecular weight is 274 g/mol. The number of halogens is 1. The molecular formula is C15H15FN2S. The Morgan fingerprint density at radius 1 is 1.21 bits per heavy atom. The summed E-state index contributed by atoms with van der Waals surface area (Å²) in [5, 5.41) is 6.32. The summed E-state index contributed by atoms with van der Waals surface area (Å²) in [5.74, 6) is 0. The van der Waals surface area contributed by atoms with Crippen molar-refractivity contribution in [1.82, 2.24) is 9.78 Å². The Morgan fingerprint density at radius 3 is 2.74 bits per heavy atom. The molecule has 2 nitrogen and oxygen atoms in total. The summed E-state index contributed by atoms with van der Waals surface area (Å²) in [6.45, 7) is 0. The fraction of sp³-hybridized carbons (Fsp3) is 0.400. The Balaban J connectivity index is 1.68. The van der Waals surface area contributed by atoms with Crippen molar-refractivity contribution in [2.45, 2.75) is 41.8 Å². The SMILES string of the molecule is FC1CC(c2ccccc2)n2nc(SC3CC3)cc21. The van der Waals surface area contributed by atoms with Gasteiger partial charge in [0.1, 0.15) is 11.2 Å². The van der Waals surface area contributed by atoms with E-state index in [0.717, 1.165) is 16.3 Å². The third kappa shape index (κ3) is 2.08. The summed E-state index contributed by atoms with van der Waals surface area (Å²) in [4.78, 5) is 0. The number of hydrogen-bond donors (Lipinski definition) is 0. The quantitative estimate of drug-likeness (QED) is 0.837. The molecule has 2 unspecified atom stereocenters. The standard InChI is InChI=1S/C15H15FN2S/c16-12-8-13(10-4-2-1-3-5-10)18-14(12)9-15(17-18)19-11-6-7-11/h1-5,9,11-13H,6-8H2. The number of rotatable bonds is 3. The van der Waals surface area contributed by atoms with Crippen LogP contribution in [0.1, 0.15) is 42.7 Å². The van der Waals surface area contributed by atoms with Crippen molar-refractivity contribution in [1.29, 1.82) is 0 Å². The molecule has 0 radical (unpaired) electrons. The predicted octanol–water partition coefficient (Wildman–Crippen LogP) is 4.14. The molecule has 1 fully saturated rings. The van der Waals surface area contributed by atoms with E-state index in [2.05, 4.69) is 17.2 Å². The molecule has 1 aromatic carbocycles. The summed E-state index contributed by atoms with van der Waals surface area (Å²) in [5.41, 5.74) is 1.90. The maximum absolute atomic E-state index is 14.1. The van der Waals surface area contributed by atoms with Gasteiger partial charge in [-0.3, -0.25) is 4.68 Å². The van der Waals surface area contributed by atoms with Gasteiger partial charge >= 0.3 is 0 Å². The molecule has 2 atom stereocenters. The van der Waals surface area contributed by atoms with Gasteiger partial charge in [-0.25, -0.2) is 4.39 Å².